The van der Waals surface area contributed by atoms with Crippen molar-refractivity contribution >= 4 is 31.8 Å². The number of esters is 1. The highest BCUT2D eigenvalue weighted by atomic mass is 35.7. The Hall–Kier alpha value is -1.02. The molecule has 1 aliphatic rings. The third kappa shape index (κ3) is 4.54. The van der Waals surface area contributed by atoms with Crippen molar-refractivity contribution in [2.45, 2.75) is 32.2 Å². The summed E-state index contributed by atoms with van der Waals surface area (Å²) in [5, 5.41) is 9.02. The molecule has 1 atom stereocenters. The van der Waals surface area contributed by atoms with Gasteiger partial charge in [-0.3, -0.25) is 4.79 Å². The molecule has 0 aromatic rings. The van der Waals surface area contributed by atoms with Gasteiger partial charge in [0, 0.05) is 22.8 Å². The first-order valence-corrected chi connectivity index (χ1v) is 8.10. The second kappa shape index (κ2) is 5.54. The van der Waals surface area contributed by atoms with E-state index >= 15 is 0 Å². The van der Waals surface area contributed by atoms with E-state index in [1.165, 1.54) is 4.90 Å². The Bertz CT molecular complexity index is 474. The number of halogens is 1. The highest BCUT2D eigenvalue weighted by Crippen LogP contribution is 2.32. The van der Waals surface area contributed by atoms with Crippen LogP contribution in [0.25, 0.3) is 0 Å². The molecule has 0 spiro atoms. The van der Waals surface area contributed by atoms with Crippen LogP contribution in [-0.2, 0) is 18.6 Å². The van der Waals surface area contributed by atoms with Gasteiger partial charge in [-0.25, -0.2) is 13.2 Å². The summed E-state index contributed by atoms with van der Waals surface area (Å²) >= 11 is 0. The average Bonchev–Trinajstić information content (AvgIpc) is 2.22. The van der Waals surface area contributed by atoms with Gasteiger partial charge in [-0.1, -0.05) is 0 Å². The number of nitrogens with zero attached hydrogens (tertiary/aromatic N) is 1. The number of piperidine rings is 1. The van der Waals surface area contributed by atoms with Crippen LogP contribution < -0.4 is 0 Å². The van der Waals surface area contributed by atoms with Gasteiger partial charge in [0.25, 0.3) is 9.05 Å². The van der Waals surface area contributed by atoms with Crippen LogP contribution in [0.15, 0.2) is 0 Å². The predicted octanol–water partition coefficient (Wildman–Crippen LogP) is 1.22. The lowest BCUT2D eigenvalue weighted by atomic mass is 9.83. The van der Waals surface area contributed by atoms with Crippen molar-refractivity contribution in [3.05, 3.63) is 0 Å². The fraction of sp³-hybridized carbons (Fsp3) is 0.800. The lowest BCUT2D eigenvalue weighted by molar-refractivity contribution is -0.149. The van der Waals surface area contributed by atoms with E-state index < -0.39 is 38.5 Å². The minimum atomic E-state index is -3.89. The fourth-order valence-corrected chi connectivity index (χ4v) is 2.60. The third-order valence-corrected chi connectivity index (χ3v) is 3.75. The number of hydrogen-bond acceptors (Lipinski definition) is 5. The molecule has 0 radical (unpaired) electrons. The van der Waals surface area contributed by atoms with Gasteiger partial charge in [-0.2, -0.15) is 0 Å². The summed E-state index contributed by atoms with van der Waals surface area (Å²) in [4.78, 5) is 24.0. The highest BCUT2D eigenvalue weighted by molar-refractivity contribution is 8.13. The zero-order valence-electron chi connectivity index (χ0n) is 10.6. The summed E-state index contributed by atoms with van der Waals surface area (Å²) < 4.78 is 26.0. The topological polar surface area (TPSA) is 101 Å². The molecular weight excluding hydrogens is 298 g/mol. The van der Waals surface area contributed by atoms with Gasteiger partial charge in [-0.15, -0.1) is 0 Å². The first kappa shape index (κ1) is 16.0. The normalized spacial score (nSPS) is 22.9. The largest absolute Gasteiger partial charge is 0.465 e. The SMILES string of the molecule is CC1(C)CC(C(=O)OCS(=O)(=O)Cl)CCN1C(=O)O. The molecule has 0 aliphatic carbocycles. The first-order valence-electron chi connectivity index (χ1n) is 5.62. The summed E-state index contributed by atoms with van der Waals surface area (Å²) in [7, 11) is 1.06. The van der Waals surface area contributed by atoms with Crippen LogP contribution >= 0.6 is 10.7 Å². The molecule has 1 unspecified atom stereocenters. The molecule has 110 valence electrons. The lowest BCUT2D eigenvalue weighted by Gasteiger charge is -2.43. The van der Waals surface area contributed by atoms with E-state index in [9.17, 15) is 18.0 Å². The molecule has 1 aliphatic heterocycles. The molecule has 0 saturated carbocycles. The van der Waals surface area contributed by atoms with Crippen LogP contribution in [0.2, 0.25) is 0 Å². The summed E-state index contributed by atoms with van der Waals surface area (Å²) in [5.41, 5.74) is -0.701. The van der Waals surface area contributed by atoms with E-state index in [-0.39, 0.29) is 13.0 Å². The van der Waals surface area contributed by atoms with Crippen LogP contribution in [-0.4, -0.2) is 48.5 Å². The molecular formula is C10H16ClNO6S. The monoisotopic (exact) mass is 313 g/mol. The number of rotatable bonds is 3. The zero-order chi connectivity index (χ0) is 14.8. The van der Waals surface area contributed by atoms with E-state index in [4.69, 9.17) is 15.8 Å². The van der Waals surface area contributed by atoms with E-state index in [2.05, 4.69) is 4.74 Å². The van der Waals surface area contributed by atoms with E-state index in [0.29, 0.717) is 6.42 Å². The quantitative estimate of drug-likeness (QED) is 0.621. The van der Waals surface area contributed by atoms with Gasteiger partial charge in [0.2, 0.25) is 5.94 Å². The zero-order valence-corrected chi connectivity index (χ0v) is 12.2. The maximum atomic E-state index is 11.7. The number of ether oxygens (including phenoxy) is 1. The van der Waals surface area contributed by atoms with Gasteiger partial charge in [0.05, 0.1) is 5.92 Å². The van der Waals surface area contributed by atoms with Gasteiger partial charge in [-0.05, 0) is 26.7 Å². The standard InChI is InChI=1S/C10H16ClNO6S/c1-10(2)5-7(3-4-12(10)9(14)15)8(13)18-6-19(11,16)17/h7H,3-6H2,1-2H3,(H,14,15). The molecule has 0 aromatic carbocycles. The Balaban J connectivity index is 2.64. The molecule has 1 saturated heterocycles. The maximum Gasteiger partial charge on any atom is 0.407 e. The maximum absolute atomic E-state index is 11.7. The Morgan fingerprint density at radius 3 is 2.47 bits per heavy atom. The van der Waals surface area contributed by atoms with E-state index in [1.54, 1.807) is 13.8 Å². The van der Waals surface area contributed by atoms with Crippen molar-refractivity contribution in [3.63, 3.8) is 0 Å². The number of carbonyl (C=O) groups is 2. The molecule has 7 nitrogen and oxygen atoms in total. The smallest absolute Gasteiger partial charge is 0.407 e. The summed E-state index contributed by atoms with van der Waals surface area (Å²) in [6, 6.07) is 0. The Kier molecular flexibility index (Phi) is 4.67. The van der Waals surface area contributed by atoms with Gasteiger partial charge < -0.3 is 14.7 Å². The molecule has 19 heavy (non-hydrogen) atoms. The van der Waals surface area contributed by atoms with Crippen molar-refractivity contribution in [3.8, 4) is 0 Å². The van der Waals surface area contributed by atoms with Gasteiger partial charge in [0.1, 0.15) is 0 Å². The number of amides is 1. The molecule has 1 rings (SSSR count). The summed E-state index contributed by atoms with van der Waals surface area (Å²) in [5.74, 6) is -2.06. The van der Waals surface area contributed by atoms with E-state index in [1.807, 2.05) is 0 Å². The second-order valence-corrected chi connectivity index (χ2v) is 7.78. The minimum Gasteiger partial charge on any atom is -0.465 e. The Labute approximate surface area is 115 Å². The summed E-state index contributed by atoms with van der Waals surface area (Å²) in [6.45, 7) is 3.62. The molecule has 1 heterocycles. The average molecular weight is 314 g/mol. The molecule has 0 bridgehead atoms. The molecule has 1 amide bonds. The molecule has 0 aromatic heterocycles. The number of carbonyl (C=O) groups excluding carboxylic acids is 1. The minimum absolute atomic E-state index is 0.204. The fourth-order valence-electron chi connectivity index (χ4n) is 2.20. The second-order valence-electron chi connectivity index (χ2n) is 5.06. The summed E-state index contributed by atoms with van der Waals surface area (Å²) in [6.07, 6.45) is -0.461. The van der Waals surface area contributed by atoms with Crippen molar-refractivity contribution in [2.75, 3.05) is 12.5 Å². The van der Waals surface area contributed by atoms with E-state index in [0.717, 1.165) is 0 Å². The van der Waals surface area contributed by atoms with Crippen molar-refractivity contribution < 1.29 is 27.9 Å². The molecule has 9 heteroatoms. The Morgan fingerprint density at radius 2 is 2.05 bits per heavy atom. The van der Waals surface area contributed by atoms with Gasteiger partial charge >= 0.3 is 12.1 Å². The number of carboxylic acid groups (broad SMARTS) is 1. The lowest BCUT2D eigenvalue weighted by Crippen LogP contribution is -2.53. The van der Waals surface area contributed by atoms with Gasteiger partial charge in [0.15, 0.2) is 0 Å². The van der Waals surface area contributed by atoms with Crippen molar-refractivity contribution in [2.24, 2.45) is 5.92 Å². The van der Waals surface area contributed by atoms with Crippen LogP contribution in [0, 0.1) is 5.92 Å². The molecule has 1 fully saturated rings. The number of hydrogen-bond donors (Lipinski definition) is 1. The number of likely N-dealkylation sites (tertiary alicyclic amines) is 1. The van der Waals surface area contributed by atoms with Crippen LogP contribution in [0.4, 0.5) is 4.79 Å². The van der Waals surface area contributed by atoms with Crippen molar-refractivity contribution in [1.82, 2.24) is 4.90 Å². The first-order chi connectivity index (χ1) is 8.53. The Morgan fingerprint density at radius 1 is 1.47 bits per heavy atom. The highest BCUT2D eigenvalue weighted by Gasteiger charge is 2.40. The van der Waals surface area contributed by atoms with Crippen LogP contribution in [0.1, 0.15) is 26.7 Å². The molecule has 1 N–H and O–H groups in total. The third-order valence-electron chi connectivity index (χ3n) is 3.08. The van der Waals surface area contributed by atoms with Crippen LogP contribution in [0.3, 0.4) is 0 Å². The van der Waals surface area contributed by atoms with Crippen LogP contribution in [0.5, 0.6) is 0 Å². The predicted molar refractivity (Wildman–Crippen MR) is 67.3 cm³/mol. The van der Waals surface area contributed by atoms with Crippen molar-refractivity contribution in [1.29, 1.82) is 0 Å².